The number of hydrogen-bond donors (Lipinski definition) is 1. The topological polar surface area (TPSA) is 86.4 Å². The predicted molar refractivity (Wildman–Crippen MR) is 122 cm³/mol. The van der Waals surface area contributed by atoms with E-state index in [0.717, 1.165) is 44.0 Å². The van der Waals surface area contributed by atoms with Crippen molar-refractivity contribution >= 4 is 10.0 Å². The van der Waals surface area contributed by atoms with Crippen molar-refractivity contribution in [2.24, 2.45) is 0 Å². The molecule has 1 fully saturated rings. The number of aromatic nitrogens is 2. The predicted octanol–water partition coefficient (Wildman–Crippen LogP) is 2.59. The molecule has 0 amide bonds. The van der Waals surface area contributed by atoms with Gasteiger partial charge >= 0.3 is 0 Å². The average Bonchev–Trinajstić information content (AvgIpc) is 2.73. The zero-order valence-corrected chi connectivity index (χ0v) is 19.4. The van der Waals surface area contributed by atoms with E-state index in [2.05, 4.69) is 48.0 Å². The maximum absolute atomic E-state index is 12.7. The van der Waals surface area contributed by atoms with Crippen LogP contribution in [0.5, 0.6) is 0 Å². The summed E-state index contributed by atoms with van der Waals surface area (Å²) in [6.07, 6.45) is 3.73. The Balaban J connectivity index is 1.47. The van der Waals surface area contributed by atoms with E-state index >= 15 is 0 Å². The molecule has 0 spiro atoms. The van der Waals surface area contributed by atoms with Crippen LogP contribution in [0.2, 0.25) is 0 Å². The van der Waals surface area contributed by atoms with E-state index in [9.17, 15) is 13.2 Å². The lowest BCUT2D eigenvalue weighted by Gasteiger charge is -2.33. The fourth-order valence-electron chi connectivity index (χ4n) is 4.58. The second kappa shape index (κ2) is 8.84. The number of benzene rings is 1. The molecule has 168 valence electrons. The van der Waals surface area contributed by atoms with Crippen LogP contribution in [0.3, 0.4) is 0 Å². The number of fused-ring (bicyclic) bond motifs is 1. The number of sulfonamides is 1. The first-order valence-electron chi connectivity index (χ1n) is 11.1. The third-order valence-corrected chi connectivity index (χ3v) is 7.72. The van der Waals surface area contributed by atoms with Gasteiger partial charge in [-0.25, -0.2) is 13.4 Å². The molecule has 1 saturated heterocycles. The smallest absolute Gasteiger partial charge is 0.255 e. The molecule has 31 heavy (non-hydrogen) atoms. The molecule has 4 rings (SSSR count). The Morgan fingerprint density at radius 2 is 1.94 bits per heavy atom. The van der Waals surface area contributed by atoms with Gasteiger partial charge in [0.15, 0.2) is 0 Å². The molecule has 2 aliphatic rings. The first kappa shape index (κ1) is 22.2. The van der Waals surface area contributed by atoms with Crippen LogP contribution in [0.15, 0.2) is 29.1 Å². The molecular formula is C23H32N4O3S. The SMILES string of the molecule is CC(C)c1ccc(CN2CCCC(c3nc4c(c(=O)[nH]3)CN(S(C)(=O)=O)CC4)C2)cc1. The van der Waals surface area contributed by atoms with Crippen molar-refractivity contribution in [2.75, 3.05) is 25.9 Å². The Morgan fingerprint density at radius 3 is 2.61 bits per heavy atom. The lowest BCUT2D eigenvalue weighted by atomic mass is 9.95. The quantitative estimate of drug-likeness (QED) is 0.766. The second-order valence-electron chi connectivity index (χ2n) is 9.19. The molecule has 0 aliphatic carbocycles. The first-order chi connectivity index (χ1) is 14.7. The van der Waals surface area contributed by atoms with Crippen molar-refractivity contribution in [1.82, 2.24) is 19.2 Å². The minimum atomic E-state index is -3.31. The minimum Gasteiger partial charge on any atom is -0.310 e. The molecule has 3 heterocycles. The summed E-state index contributed by atoms with van der Waals surface area (Å²) in [5.74, 6) is 1.47. The lowest BCUT2D eigenvalue weighted by molar-refractivity contribution is 0.196. The van der Waals surface area contributed by atoms with Crippen molar-refractivity contribution in [3.63, 3.8) is 0 Å². The summed E-state index contributed by atoms with van der Waals surface area (Å²) in [6, 6.07) is 8.85. The maximum atomic E-state index is 12.7. The molecule has 0 bridgehead atoms. The van der Waals surface area contributed by atoms with Gasteiger partial charge in [-0.05, 0) is 36.4 Å². The largest absolute Gasteiger partial charge is 0.310 e. The second-order valence-corrected chi connectivity index (χ2v) is 11.2. The van der Waals surface area contributed by atoms with Crippen molar-refractivity contribution in [3.8, 4) is 0 Å². The van der Waals surface area contributed by atoms with Gasteiger partial charge in [0.25, 0.3) is 5.56 Å². The number of H-pyrrole nitrogens is 1. The Labute approximate surface area is 184 Å². The molecule has 1 atom stereocenters. The molecule has 1 aromatic carbocycles. The molecule has 2 aliphatic heterocycles. The van der Waals surface area contributed by atoms with Gasteiger partial charge in [0.2, 0.25) is 10.0 Å². The summed E-state index contributed by atoms with van der Waals surface area (Å²) >= 11 is 0. The monoisotopic (exact) mass is 444 g/mol. The van der Waals surface area contributed by atoms with E-state index in [0.29, 0.717) is 24.4 Å². The molecule has 2 aromatic rings. The molecular weight excluding hydrogens is 412 g/mol. The van der Waals surface area contributed by atoms with Crippen LogP contribution in [-0.4, -0.2) is 53.5 Å². The van der Waals surface area contributed by atoms with Gasteiger partial charge in [-0.2, -0.15) is 4.31 Å². The number of nitrogens with one attached hydrogen (secondary N) is 1. The van der Waals surface area contributed by atoms with Gasteiger partial charge in [0, 0.05) is 38.5 Å². The van der Waals surface area contributed by atoms with Crippen molar-refractivity contribution in [3.05, 3.63) is 62.8 Å². The average molecular weight is 445 g/mol. The Kier molecular flexibility index (Phi) is 6.32. The Morgan fingerprint density at radius 1 is 1.19 bits per heavy atom. The van der Waals surface area contributed by atoms with Gasteiger partial charge in [-0.15, -0.1) is 0 Å². The fraction of sp³-hybridized carbons (Fsp3) is 0.565. The number of nitrogens with zero attached hydrogens (tertiary/aromatic N) is 3. The van der Waals surface area contributed by atoms with E-state index in [1.807, 2.05) is 0 Å². The van der Waals surface area contributed by atoms with Gasteiger partial charge in [-0.1, -0.05) is 38.1 Å². The molecule has 8 heteroatoms. The summed E-state index contributed by atoms with van der Waals surface area (Å²) in [4.78, 5) is 22.9. The summed E-state index contributed by atoms with van der Waals surface area (Å²) < 4.78 is 25.0. The van der Waals surface area contributed by atoms with Crippen LogP contribution in [0.4, 0.5) is 0 Å². The molecule has 0 saturated carbocycles. The van der Waals surface area contributed by atoms with Crippen LogP contribution in [0.1, 0.15) is 66.7 Å². The molecule has 1 N–H and O–H groups in total. The highest BCUT2D eigenvalue weighted by Gasteiger charge is 2.29. The van der Waals surface area contributed by atoms with Crippen LogP contribution >= 0.6 is 0 Å². The number of hydrogen-bond acceptors (Lipinski definition) is 5. The Hall–Kier alpha value is -2.03. The summed E-state index contributed by atoms with van der Waals surface area (Å²) in [6.45, 7) is 7.70. The molecule has 0 radical (unpaired) electrons. The van der Waals surface area contributed by atoms with Gasteiger partial charge in [0.05, 0.1) is 17.5 Å². The molecule has 1 unspecified atom stereocenters. The van der Waals surface area contributed by atoms with E-state index in [1.165, 1.54) is 21.7 Å². The van der Waals surface area contributed by atoms with E-state index < -0.39 is 10.0 Å². The third-order valence-electron chi connectivity index (χ3n) is 6.47. The number of rotatable bonds is 5. The van der Waals surface area contributed by atoms with E-state index in [1.54, 1.807) is 0 Å². The van der Waals surface area contributed by atoms with Gasteiger partial charge in [0.1, 0.15) is 5.82 Å². The van der Waals surface area contributed by atoms with Gasteiger partial charge < -0.3 is 4.98 Å². The number of piperidine rings is 1. The number of aromatic amines is 1. The highest BCUT2D eigenvalue weighted by Crippen LogP contribution is 2.27. The maximum Gasteiger partial charge on any atom is 0.255 e. The van der Waals surface area contributed by atoms with Crippen molar-refractivity contribution in [1.29, 1.82) is 0 Å². The van der Waals surface area contributed by atoms with E-state index in [4.69, 9.17) is 4.98 Å². The minimum absolute atomic E-state index is 0.111. The molecule has 7 nitrogen and oxygen atoms in total. The van der Waals surface area contributed by atoms with Crippen molar-refractivity contribution in [2.45, 2.75) is 58.0 Å². The highest BCUT2D eigenvalue weighted by atomic mass is 32.2. The van der Waals surface area contributed by atoms with Gasteiger partial charge in [-0.3, -0.25) is 9.69 Å². The summed E-state index contributed by atoms with van der Waals surface area (Å²) in [5.41, 5.74) is 3.69. The Bertz CT molecular complexity index is 1090. The first-order valence-corrected chi connectivity index (χ1v) is 12.9. The normalized spacial score (nSPS) is 20.7. The van der Waals surface area contributed by atoms with Crippen LogP contribution < -0.4 is 5.56 Å². The van der Waals surface area contributed by atoms with Crippen LogP contribution in [0.25, 0.3) is 0 Å². The van der Waals surface area contributed by atoms with E-state index in [-0.39, 0.29) is 18.0 Å². The number of likely N-dealkylation sites (tertiary alicyclic amines) is 1. The fourth-order valence-corrected chi connectivity index (χ4v) is 5.37. The van der Waals surface area contributed by atoms with Crippen LogP contribution in [-0.2, 0) is 29.5 Å². The lowest BCUT2D eigenvalue weighted by Crippen LogP contribution is -2.40. The standard InChI is InChI=1S/C23H32N4O3S/c1-16(2)18-8-6-17(7-9-18)13-26-11-4-5-19(14-26)22-24-21-10-12-27(31(3,29)30)15-20(21)23(28)25-22/h6-9,16,19H,4-5,10-15H2,1-3H3,(H,24,25,28). The zero-order chi connectivity index (χ0) is 22.2. The summed E-state index contributed by atoms with van der Waals surface area (Å²) in [7, 11) is -3.31. The highest BCUT2D eigenvalue weighted by molar-refractivity contribution is 7.88. The molecule has 1 aromatic heterocycles. The zero-order valence-electron chi connectivity index (χ0n) is 18.6. The van der Waals surface area contributed by atoms with Crippen molar-refractivity contribution < 1.29 is 8.42 Å². The summed E-state index contributed by atoms with van der Waals surface area (Å²) in [5, 5.41) is 0. The third kappa shape index (κ3) is 5.07. The van der Waals surface area contributed by atoms with Crippen LogP contribution in [0, 0.1) is 0 Å².